The van der Waals surface area contributed by atoms with Crippen LogP contribution in [-0.4, -0.2) is 51.6 Å². The molecule has 0 aromatic carbocycles. The van der Waals surface area contributed by atoms with Crippen molar-refractivity contribution in [3.05, 3.63) is 0 Å². The molecule has 0 aromatic rings. The molecule has 0 aromatic heterocycles. The van der Waals surface area contributed by atoms with Crippen molar-refractivity contribution in [1.29, 1.82) is 0 Å². The van der Waals surface area contributed by atoms with Gasteiger partial charge in [0.1, 0.15) is 0 Å². The number of nitrogens with zero attached hydrogens (tertiary/aromatic N) is 1. The van der Waals surface area contributed by atoms with Gasteiger partial charge < -0.3 is 4.90 Å². The minimum absolute atomic E-state index is 0.106. The fourth-order valence-electron chi connectivity index (χ4n) is 1.54. The number of likely N-dealkylation sites (N-methyl/N-ethyl adjacent to an activating group) is 1. The second-order valence-electron chi connectivity index (χ2n) is 4.48. The van der Waals surface area contributed by atoms with Gasteiger partial charge in [0, 0.05) is 18.5 Å². The van der Waals surface area contributed by atoms with Crippen molar-refractivity contribution < 1.29 is 8.42 Å². The van der Waals surface area contributed by atoms with Crippen molar-refractivity contribution in [2.75, 3.05) is 32.3 Å². The van der Waals surface area contributed by atoms with Gasteiger partial charge in [-0.1, -0.05) is 13.8 Å². The van der Waals surface area contributed by atoms with Gasteiger partial charge in [0.15, 0.2) is 0 Å². The van der Waals surface area contributed by atoms with E-state index < -0.39 is 10.0 Å². The number of hydrogen-bond donors (Lipinski definition) is 1. The van der Waals surface area contributed by atoms with Gasteiger partial charge >= 0.3 is 0 Å². The van der Waals surface area contributed by atoms with Crippen LogP contribution in [0.25, 0.3) is 0 Å². The number of nitrogens with one attached hydrogen (secondary N) is 1. The number of rotatable bonds is 8. The summed E-state index contributed by atoms with van der Waals surface area (Å²) in [6.45, 7) is 4.62. The van der Waals surface area contributed by atoms with Gasteiger partial charge in [-0.15, -0.1) is 11.6 Å². The van der Waals surface area contributed by atoms with Gasteiger partial charge in [-0.2, -0.15) is 0 Å². The summed E-state index contributed by atoms with van der Waals surface area (Å²) in [5.74, 6) is 0.891. The van der Waals surface area contributed by atoms with Crippen LogP contribution in [0, 0.1) is 5.92 Å². The maximum Gasteiger partial charge on any atom is 0.211 e. The van der Waals surface area contributed by atoms with Gasteiger partial charge in [0.05, 0.1) is 5.75 Å². The topological polar surface area (TPSA) is 49.4 Å². The van der Waals surface area contributed by atoms with Crippen LogP contribution in [0.5, 0.6) is 0 Å². The van der Waals surface area contributed by atoms with Crippen molar-refractivity contribution in [3.63, 3.8) is 0 Å². The van der Waals surface area contributed by atoms with E-state index in [1.165, 1.54) is 0 Å². The zero-order valence-electron chi connectivity index (χ0n) is 10.5. The minimum Gasteiger partial charge on any atom is -0.305 e. The van der Waals surface area contributed by atoms with Crippen LogP contribution in [-0.2, 0) is 10.0 Å². The lowest BCUT2D eigenvalue weighted by molar-refractivity contribution is 0.233. The smallest absolute Gasteiger partial charge is 0.211 e. The van der Waals surface area contributed by atoms with Gasteiger partial charge in [-0.25, -0.2) is 13.1 Å². The molecule has 16 heavy (non-hydrogen) atoms. The predicted molar refractivity (Wildman–Crippen MR) is 69.4 cm³/mol. The molecule has 0 fully saturated rings. The molecule has 0 rings (SSSR count). The molecule has 4 nitrogen and oxygen atoms in total. The zero-order valence-corrected chi connectivity index (χ0v) is 12.1. The normalized spacial score (nSPS) is 14.7. The van der Waals surface area contributed by atoms with Gasteiger partial charge in [-0.3, -0.25) is 0 Å². The Morgan fingerprint density at radius 3 is 2.25 bits per heavy atom. The van der Waals surface area contributed by atoms with Crippen LogP contribution < -0.4 is 4.72 Å². The van der Waals surface area contributed by atoms with E-state index in [4.69, 9.17) is 11.6 Å². The SMILES string of the molecule is CC(C)C(CNS(=O)(=O)CCCCl)N(C)C. The molecule has 0 amide bonds. The minimum atomic E-state index is -3.17. The monoisotopic (exact) mass is 270 g/mol. The summed E-state index contributed by atoms with van der Waals surface area (Å²) in [6, 6.07) is 0.214. The Bertz CT molecular complexity index is 271. The fraction of sp³-hybridized carbons (Fsp3) is 1.00. The standard InChI is InChI=1S/C10H23ClN2O2S/c1-9(2)10(13(3)4)8-12-16(14,15)7-5-6-11/h9-10,12H,5-8H2,1-4H3. The molecule has 6 heteroatoms. The Labute approximate surface area is 104 Å². The predicted octanol–water partition coefficient (Wildman–Crippen LogP) is 1.12. The summed E-state index contributed by atoms with van der Waals surface area (Å²) in [6.07, 6.45) is 0.491. The number of sulfonamides is 1. The molecule has 0 heterocycles. The average Bonchev–Trinajstić information content (AvgIpc) is 2.13. The van der Waals surface area contributed by atoms with Crippen molar-refractivity contribution >= 4 is 21.6 Å². The molecule has 1 N–H and O–H groups in total. The first-order chi connectivity index (χ1) is 7.30. The lowest BCUT2D eigenvalue weighted by atomic mass is 10.0. The van der Waals surface area contributed by atoms with Crippen molar-refractivity contribution in [1.82, 2.24) is 9.62 Å². The van der Waals surface area contributed by atoms with E-state index in [1.54, 1.807) is 0 Å². The van der Waals surface area contributed by atoms with Crippen LogP contribution in [0.4, 0.5) is 0 Å². The molecular weight excluding hydrogens is 248 g/mol. The largest absolute Gasteiger partial charge is 0.305 e. The first kappa shape index (κ1) is 16.2. The molecule has 1 unspecified atom stereocenters. The third-order valence-corrected chi connectivity index (χ3v) is 4.19. The Morgan fingerprint density at radius 1 is 1.31 bits per heavy atom. The third kappa shape index (κ3) is 6.68. The van der Waals surface area contributed by atoms with E-state index in [0.29, 0.717) is 24.8 Å². The highest BCUT2D eigenvalue weighted by Gasteiger charge is 2.18. The highest BCUT2D eigenvalue weighted by molar-refractivity contribution is 7.89. The zero-order chi connectivity index (χ0) is 12.8. The lowest BCUT2D eigenvalue weighted by Gasteiger charge is -2.27. The number of halogens is 1. The van der Waals surface area contributed by atoms with Crippen LogP contribution in [0.3, 0.4) is 0 Å². The summed E-state index contributed by atoms with van der Waals surface area (Å²) in [5, 5.41) is 0. The second kappa shape index (κ2) is 7.48. The molecule has 0 saturated carbocycles. The highest BCUT2D eigenvalue weighted by Crippen LogP contribution is 2.06. The molecule has 0 aliphatic carbocycles. The Hall–Kier alpha value is 0.160. The lowest BCUT2D eigenvalue weighted by Crippen LogP contribution is -2.43. The summed E-state index contributed by atoms with van der Waals surface area (Å²) in [7, 11) is 0.745. The Morgan fingerprint density at radius 2 is 1.88 bits per heavy atom. The van der Waals surface area contributed by atoms with Gasteiger partial charge in [0.2, 0.25) is 10.0 Å². The maximum atomic E-state index is 11.6. The number of hydrogen-bond acceptors (Lipinski definition) is 3. The summed E-state index contributed by atoms with van der Waals surface area (Å²) < 4.78 is 25.7. The molecule has 0 bridgehead atoms. The van der Waals surface area contributed by atoms with E-state index in [2.05, 4.69) is 18.6 Å². The third-order valence-electron chi connectivity index (χ3n) is 2.49. The van der Waals surface area contributed by atoms with Crippen LogP contribution in [0.15, 0.2) is 0 Å². The van der Waals surface area contributed by atoms with Crippen LogP contribution in [0.2, 0.25) is 0 Å². The summed E-state index contributed by atoms with van der Waals surface area (Å²) in [5.41, 5.74) is 0. The molecule has 98 valence electrons. The van der Waals surface area contributed by atoms with E-state index in [-0.39, 0.29) is 11.8 Å². The molecule has 0 spiro atoms. The van der Waals surface area contributed by atoms with Crippen molar-refractivity contribution in [2.45, 2.75) is 26.3 Å². The Balaban J connectivity index is 4.20. The highest BCUT2D eigenvalue weighted by atomic mass is 35.5. The summed E-state index contributed by atoms with van der Waals surface area (Å²) in [4.78, 5) is 2.04. The van der Waals surface area contributed by atoms with E-state index in [9.17, 15) is 8.42 Å². The van der Waals surface area contributed by atoms with Gasteiger partial charge in [0.25, 0.3) is 0 Å². The van der Waals surface area contributed by atoms with Gasteiger partial charge in [-0.05, 0) is 26.4 Å². The molecule has 0 radical (unpaired) electrons. The molecule has 0 aliphatic rings. The second-order valence-corrected chi connectivity index (χ2v) is 6.79. The molecule has 0 saturated heterocycles. The first-order valence-corrected chi connectivity index (χ1v) is 7.68. The fourth-order valence-corrected chi connectivity index (χ4v) is 2.93. The average molecular weight is 271 g/mol. The summed E-state index contributed by atoms with van der Waals surface area (Å²) >= 11 is 5.47. The first-order valence-electron chi connectivity index (χ1n) is 5.50. The van der Waals surface area contributed by atoms with Crippen molar-refractivity contribution in [3.8, 4) is 0 Å². The Kier molecular flexibility index (Phi) is 7.55. The maximum absolute atomic E-state index is 11.6. The number of alkyl halides is 1. The molecule has 0 aliphatic heterocycles. The quantitative estimate of drug-likeness (QED) is 0.673. The van der Waals surface area contributed by atoms with Crippen LogP contribution in [0.1, 0.15) is 20.3 Å². The van der Waals surface area contributed by atoms with Crippen LogP contribution >= 0.6 is 11.6 Å². The van der Waals surface area contributed by atoms with E-state index in [0.717, 1.165) is 0 Å². The molecule has 1 atom stereocenters. The van der Waals surface area contributed by atoms with E-state index >= 15 is 0 Å². The van der Waals surface area contributed by atoms with Crippen molar-refractivity contribution in [2.24, 2.45) is 5.92 Å². The molecular formula is C10H23ClN2O2S. The van der Waals surface area contributed by atoms with E-state index in [1.807, 2.05) is 19.0 Å².